The first kappa shape index (κ1) is 14.6. The molecule has 3 rings (SSSR count). The summed E-state index contributed by atoms with van der Waals surface area (Å²) in [6, 6.07) is 9.72. The molecule has 22 heavy (non-hydrogen) atoms. The fraction of sp³-hybridized carbons (Fsp3) is 0.438. The van der Waals surface area contributed by atoms with Crippen LogP contribution >= 0.6 is 0 Å². The molecule has 1 aromatic heterocycles. The molecule has 0 atom stereocenters. The largest absolute Gasteiger partial charge is 0.345 e. The average Bonchev–Trinajstić information content (AvgIpc) is 3.31. The predicted molar refractivity (Wildman–Crippen MR) is 83.6 cm³/mol. The number of rotatable bonds is 6. The van der Waals surface area contributed by atoms with E-state index in [9.17, 15) is 9.59 Å². The van der Waals surface area contributed by atoms with Gasteiger partial charge in [0.2, 0.25) is 5.91 Å². The minimum absolute atomic E-state index is 0.0376. The van der Waals surface area contributed by atoms with Crippen LogP contribution in [0.1, 0.15) is 19.3 Å². The second-order valence-corrected chi connectivity index (χ2v) is 5.78. The van der Waals surface area contributed by atoms with Crippen LogP contribution < -0.4 is 10.6 Å². The number of aromatic nitrogens is 3. The molecule has 0 aliphatic heterocycles. The summed E-state index contributed by atoms with van der Waals surface area (Å²) in [7, 11) is 1.65. The van der Waals surface area contributed by atoms with E-state index in [0.717, 1.165) is 12.2 Å². The SMILES string of the molecule is Cn1cnn(CCC(=O)N(CC2CC2)c2ccccc2)c1=O. The predicted octanol–water partition coefficient (Wildman–Crippen LogP) is 1.42. The van der Waals surface area contributed by atoms with Gasteiger partial charge in [0.25, 0.3) is 0 Å². The van der Waals surface area contributed by atoms with E-state index in [2.05, 4.69) is 5.10 Å². The van der Waals surface area contributed by atoms with Gasteiger partial charge in [0, 0.05) is 25.7 Å². The Kier molecular flexibility index (Phi) is 4.09. The van der Waals surface area contributed by atoms with Gasteiger partial charge < -0.3 is 4.90 Å². The van der Waals surface area contributed by atoms with Crippen molar-refractivity contribution >= 4 is 11.6 Å². The first-order valence-corrected chi connectivity index (χ1v) is 7.59. The van der Waals surface area contributed by atoms with E-state index in [4.69, 9.17) is 0 Å². The summed E-state index contributed by atoms with van der Waals surface area (Å²) in [5.41, 5.74) is 0.731. The third kappa shape index (κ3) is 3.27. The zero-order valence-electron chi connectivity index (χ0n) is 12.7. The molecule has 1 aliphatic carbocycles. The van der Waals surface area contributed by atoms with Crippen LogP contribution in [0.5, 0.6) is 0 Å². The number of para-hydroxylation sites is 1. The molecule has 0 unspecified atom stereocenters. The van der Waals surface area contributed by atoms with Gasteiger partial charge in [-0.3, -0.25) is 9.36 Å². The van der Waals surface area contributed by atoms with E-state index in [0.29, 0.717) is 12.5 Å². The monoisotopic (exact) mass is 300 g/mol. The highest BCUT2D eigenvalue weighted by Gasteiger charge is 2.27. The summed E-state index contributed by atoms with van der Waals surface area (Å²) < 4.78 is 2.74. The van der Waals surface area contributed by atoms with Gasteiger partial charge >= 0.3 is 5.69 Å². The van der Waals surface area contributed by atoms with E-state index >= 15 is 0 Å². The lowest BCUT2D eigenvalue weighted by atomic mass is 10.2. The molecule has 1 amide bonds. The van der Waals surface area contributed by atoms with E-state index in [1.54, 1.807) is 7.05 Å². The topological polar surface area (TPSA) is 60.1 Å². The Morgan fingerprint density at radius 1 is 1.32 bits per heavy atom. The van der Waals surface area contributed by atoms with Crippen LogP contribution in [0.2, 0.25) is 0 Å². The van der Waals surface area contributed by atoms with Crippen LogP contribution in [0.4, 0.5) is 5.69 Å². The Morgan fingerprint density at radius 3 is 2.64 bits per heavy atom. The van der Waals surface area contributed by atoms with Crippen LogP contribution in [0, 0.1) is 5.92 Å². The highest BCUT2D eigenvalue weighted by atomic mass is 16.2. The lowest BCUT2D eigenvalue weighted by molar-refractivity contribution is -0.118. The fourth-order valence-electron chi connectivity index (χ4n) is 2.43. The summed E-state index contributed by atoms with van der Waals surface area (Å²) in [4.78, 5) is 26.2. The smallest absolute Gasteiger partial charge is 0.312 e. The molecule has 1 fully saturated rings. The van der Waals surface area contributed by atoms with Crippen molar-refractivity contribution in [1.82, 2.24) is 14.3 Å². The summed E-state index contributed by atoms with van der Waals surface area (Å²) in [5.74, 6) is 0.650. The third-order valence-corrected chi connectivity index (χ3v) is 3.93. The Balaban J connectivity index is 1.69. The molecule has 2 aromatic rings. The lowest BCUT2D eigenvalue weighted by Crippen LogP contribution is -2.34. The number of hydrogen-bond acceptors (Lipinski definition) is 3. The van der Waals surface area contributed by atoms with Crippen LogP contribution in [-0.4, -0.2) is 26.8 Å². The summed E-state index contributed by atoms with van der Waals surface area (Å²) in [6.07, 6.45) is 4.12. The van der Waals surface area contributed by atoms with E-state index in [1.165, 1.54) is 28.4 Å². The minimum Gasteiger partial charge on any atom is -0.312 e. The standard InChI is InChI=1S/C16H20N4O2/c1-18-12-17-20(16(18)22)10-9-15(21)19(11-13-7-8-13)14-5-3-2-4-6-14/h2-6,12-13H,7-11H2,1H3. The maximum Gasteiger partial charge on any atom is 0.345 e. The van der Waals surface area contributed by atoms with Gasteiger partial charge in [-0.2, -0.15) is 5.10 Å². The molecular weight excluding hydrogens is 280 g/mol. The number of carbonyl (C=O) groups is 1. The number of carbonyl (C=O) groups excluding carboxylic acids is 1. The van der Waals surface area contributed by atoms with Gasteiger partial charge in [0.15, 0.2) is 0 Å². The lowest BCUT2D eigenvalue weighted by Gasteiger charge is -2.22. The molecule has 6 nitrogen and oxygen atoms in total. The van der Waals surface area contributed by atoms with Crippen molar-refractivity contribution in [1.29, 1.82) is 0 Å². The number of hydrogen-bond donors (Lipinski definition) is 0. The first-order chi connectivity index (χ1) is 10.6. The van der Waals surface area contributed by atoms with Crippen molar-refractivity contribution in [2.45, 2.75) is 25.8 Å². The van der Waals surface area contributed by atoms with Crippen LogP contribution in [-0.2, 0) is 18.4 Å². The quantitative estimate of drug-likeness (QED) is 0.810. The van der Waals surface area contributed by atoms with Crippen molar-refractivity contribution in [2.75, 3.05) is 11.4 Å². The van der Waals surface area contributed by atoms with Gasteiger partial charge in [-0.1, -0.05) is 18.2 Å². The number of benzene rings is 1. The van der Waals surface area contributed by atoms with Crippen molar-refractivity contribution in [2.24, 2.45) is 13.0 Å². The molecule has 116 valence electrons. The molecule has 0 N–H and O–H groups in total. The van der Waals surface area contributed by atoms with Crippen molar-refractivity contribution < 1.29 is 4.79 Å². The average molecular weight is 300 g/mol. The Labute approximate surface area is 129 Å². The Hall–Kier alpha value is -2.37. The first-order valence-electron chi connectivity index (χ1n) is 7.59. The fourth-order valence-corrected chi connectivity index (χ4v) is 2.43. The molecule has 0 radical (unpaired) electrons. The number of anilines is 1. The molecule has 1 saturated carbocycles. The zero-order chi connectivity index (χ0) is 15.5. The second-order valence-electron chi connectivity index (χ2n) is 5.78. The molecule has 0 spiro atoms. The van der Waals surface area contributed by atoms with Gasteiger partial charge in [-0.05, 0) is 30.9 Å². The van der Waals surface area contributed by atoms with Gasteiger partial charge in [-0.15, -0.1) is 0 Å². The maximum atomic E-state index is 12.6. The van der Waals surface area contributed by atoms with Gasteiger partial charge in [0.1, 0.15) is 6.33 Å². The molecule has 0 bridgehead atoms. The summed E-state index contributed by atoms with van der Waals surface area (Å²) in [6.45, 7) is 1.08. The van der Waals surface area contributed by atoms with Crippen molar-refractivity contribution in [3.8, 4) is 0 Å². The highest BCUT2D eigenvalue weighted by Crippen LogP contribution is 2.31. The Bertz CT molecular complexity index is 700. The second kappa shape index (κ2) is 6.17. The summed E-state index contributed by atoms with van der Waals surface area (Å²) in [5, 5.41) is 3.99. The molecule has 0 saturated heterocycles. The minimum atomic E-state index is -0.193. The molecule has 1 aromatic carbocycles. The van der Waals surface area contributed by atoms with E-state index in [1.807, 2.05) is 35.2 Å². The maximum absolute atomic E-state index is 12.6. The van der Waals surface area contributed by atoms with Gasteiger partial charge in [-0.25, -0.2) is 9.48 Å². The van der Waals surface area contributed by atoms with Crippen molar-refractivity contribution in [3.63, 3.8) is 0 Å². The zero-order valence-corrected chi connectivity index (χ0v) is 12.7. The molecule has 1 aliphatic rings. The van der Waals surface area contributed by atoms with Gasteiger partial charge in [0.05, 0.1) is 6.54 Å². The third-order valence-electron chi connectivity index (χ3n) is 3.93. The molecular formula is C16H20N4O2. The van der Waals surface area contributed by atoms with E-state index in [-0.39, 0.29) is 18.0 Å². The van der Waals surface area contributed by atoms with Crippen LogP contribution in [0.15, 0.2) is 41.5 Å². The number of aryl methyl sites for hydroxylation is 2. The summed E-state index contributed by atoms with van der Waals surface area (Å²) >= 11 is 0. The van der Waals surface area contributed by atoms with Crippen LogP contribution in [0.3, 0.4) is 0 Å². The van der Waals surface area contributed by atoms with Crippen LogP contribution in [0.25, 0.3) is 0 Å². The number of nitrogens with zero attached hydrogens (tertiary/aromatic N) is 4. The molecule has 6 heteroatoms. The van der Waals surface area contributed by atoms with E-state index < -0.39 is 0 Å². The highest BCUT2D eigenvalue weighted by molar-refractivity contribution is 5.93. The number of amides is 1. The molecule has 1 heterocycles. The normalized spacial score (nSPS) is 14.0. The Morgan fingerprint density at radius 2 is 2.05 bits per heavy atom. The van der Waals surface area contributed by atoms with Crippen molar-refractivity contribution in [3.05, 3.63) is 47.1 Å².